The molecule has 1 aromatic heterocycles. The summed E-state index contributed by atoms with van der Waals surface area (Å²) in [5.41, 5.74) is -0.523. The number of hydrogen-bond acceptors (Lipinski definition) is 7. The van der Waals surface area contributed by atoms with Gasteiger partial charge in [0.15, 0.2) is 18.2 Å². The second-order valence-electron chi connectivity index (χ2n) is 9.40. The van der Waals surface area contributed by atoms with Gasteiger partial charge < -0.3 is 23.9 Å². The monoisotopic (exact) mass is 407 g/mol. The third-order valence-corrected chi connectivity index (χ3v) is 7.54. The highest BCUT2D eigenvalue weighted by molar-refractivity contribution is 5.09. The van der Waals surface area contributed by atoms with E-state index in [1.165, 1.54) is 6.42 Å². The minimum atomic E-state index is -0.743. The lowest BCUT2D eigenvalue weighted by Crippen LogP contribution is -2.70. The Hall–Kier alpha value is -0.960. The van der Waals surface area contributed by atoms with Gasteiger partial charge in [-0.1, -0.05) is 13.8 Å². The van der Waals surface area contributed by atoms with Crippen molar-refractivity contribution in [3.63, 3.8) is 0 Å². The summed E-state index contributed by atoms with van der Waals surface area (Å²) in [6, 6.07) is 3.85. The molecule has 0 amide bonds. The zero-order valence-corrected chi connectivity index (χ0v) is 17.6. The van der Waals surface area contributed by atoms with E-state index >= 15 is 0 Å². The smallest absolute Gasteiger partial charge is 0.201 e. The molecule has 1 aromatic rings. The van der Waals surface area contributed by atoms with Crippen LogP contribution < -0.4 is 5.32 Å². The maximum absolute atomic E-state index is 6.41. The fourth-order valence-electron chi connectivity index (χ4n) is 5.93. The Morgan fingerprint density at radius 2 is 2.07 bits per heavy atom. The second-order valence-corrected chi connectivity index (χ2v) is 9.40. The maximum Gasteiger partial charge on any atom is 0.201 e. The third kappa shape index (κ3) is 3.36. The molecule has 5 fully saturated rings. The highest BCUT2D eigenvalue weighted by atomic mass is 17.3. The predicted octanol–water partition coefficient (Wildman–Crippen LogP) is 3.59. The van der Waals surface area contributed by atoms with E-state index in [2.05, 4.69) is 19.2 Å². The Balaban J connectivity index is 1.26. The van der Waals surface area contributed by atoms with Crippen LogP contribution in [0.15, 0.2) is 22.8 Å². The van der Waals surface area contributed by atoms with E-state index in [0.717, 1.165) is 31.6 Å². The zero-order valence-electron chi connectivity index (χ0n) is 17.6. The summed E-state index contributed by atoms with van der Waals surface area (Å²) in [5.74, 6) is 1.64. The molecule has 2 bridgehead atoms. The summed E-state index contributed by atoms with van der Waals surface area (Å²) in [5, 5.41) is 3.34. The molecule has 7 nitrogen and oxygen atoms in total. The van der Waals surface area contributed by atoms with Crippen molar-refractivity contribution < 1.29 is 28.4 Å². The summed E-state index contributed by atoms with van der Waals surface area (Å²) in [6.45, 7) is 8.48. The van der Waals surface area contributed by atoms with E-state index in [4.69, 9.17) is 28.4 Å². The zero-order chi connectivity index (χ0) is 20.1. The molecule has 1 spiro atoms. The summed E-state index contributed by atoms with van der Waals surface area (Å²) in [4.78, 5) is 12.0. The van der Waals surface area contributed by atoms with Crippen molar-refractivity contribution in [3.8, 4) is 0 Å². The minimum absolute atomic E-state index is 0.209. The van der Waals surface area contributed by atoms with Gasteiger partial charge in [-0.15, -0.1) is 0 Å². The van der Waals surface area contributed by atoms with Gasteiger partial charge in [-0.3, -0.25) is 0 Å². The van der Waals surface area contributed by atoms with Crippen molar-refractivity contribution in [2.75, 3.05) is 13.2 Å². The Morgan fingerprint density at radius 3 is 2.90 bits per heavy atom. The first-order valence-corrected chi connectivity index (χ1v) is 11.1. The van der Waals surface area contributed by atoms with E-state index in [-0.39, 0.29) is 12.2 Å². The molecule has 0 aromatic carbocycles. The third-order valence-electron chi connectivity index (χ3n) is 7.54. The van der Waals surface area contributed by atoms with Crippen LogP contribution in [-0.2, 0) is 30.5 Å². The van der Waals surface area contributed by atoms with Gasteiger partial charge in [0.25, 0.3) is 0 Å². The number of hydrogen-bond donors (Lipinski definition) is 1. The number of furan rings is 1. The fourth-order valence-corrected chi connectivity index (χ4v) is 5.93. The van der Waals surface area contributed by atoms with E-state index in [0.29, 0.717) is 30.9 Å². The maximum atomic E-state index is 6.41. The molecule has 162 valence electrons. The molecule has 5 aliphatic rings. The first-order valence-electron chi connectivity index (χ1n) is 11.1. The van der Waals surface area contributed by atoms with Crippen molar-refractivity contribution >= 4 is 0 Å². The average Bonchev–Trinajstić information content (AvgIpc) is 3.12. The lowest BCUT2D eigenvalue weighted by molar-refractivity contribution is -0.577. The SMILES string of the molecule is C[C@H]1[C@@H](OCCNCc2ccco2)O[C@@H]2O[C@@]3(C)CC[C@H]4[C@H](C)CC[C@@H]1[C@@]24OO3. The highest BCUT2D eigenvalue weighted by Crippen LogP contribution is 2.60. The van der Waals surface area contributed by atoms with E-state index < -0.39 is 17.7 Å². The Labute approximate surface area is 172 Å². The summed E-state index contributed by atoms with van der Waals surface area (Å²) in [6.07, 6.45) is 5.09. The van der Waals surface area contributed by atoms with Crippen molar-refractivity contribution in [1.29, 1.82) is 0 Å². The van der Waals surface area contributed by atoms with Crippen molar-refractivity contribution in [2.45, 2.75) is 77.0 Å². The van der Waals surface area contributed by atoms with Gasteiger partial charge in [0, 0.05) is 24.8 Å². The molecule has 5 heterocycles. The molecule has 0 radical (unpaired) electrons. The Kier molecular flexibility index (Phi) is 5.25. The van der Waals surface area contributed by atoms with Crippen LogP contribution in [0.4, 0.5) is 0 Å². The van der Waals surface area contributed by atoms with Crippen LogP contribution in [0.3, 0.4) is 0 Å². The Bertz CT molecular complexity index is 697. The number of fused-ring (bicyclic) bond motifs is 2. The summed E-state index contributed by atoms with van der Waals surface area (Å²) < 4.78 is 24.3. The van der Waals surface area contributed by atoms with Crippen LogP contribution in [0.25, 0.3) is 0 Å². The van der Waals surface area contributed by atoms with E-state index in [1.54, 1.807) is 6.26 Å². The molecule has 29 heavy (non-hydrogen) atoms. The van der Waals surface area contributed by atoms with Crippen LogP contribution >= 0.6 is 0 Å². The molecule has 1 N–H and O–H groups in total. The normalized spacial score (nSPS) is 46.3. The van der Waals surface area contributed by atoms with Crippen molar-refractivity contribution in [1.82, 2.24) is 5.32 Å². The summed E-state index contributed by atoms with van der Waals surface area (Å²) in [7, 11) is 0. The molecule has 4 saturated heterocycles. The fraction of sp³-hybridized carbons (Fsp3) is 0.818. The van der Waals surface area contributed by atoms with Crippen LogP contribution in [0.1, 0.15) is 52.2 Å². The van der Waals surface area contributed by atoms with Gasteiger partial charge in [-0.25, -0.2) is 9.78 Å². The highest BCUT2D eigenvalue weighted by Gasteiger charge is 2.69. The van der Waals surface area contributed by atoms with Gasteiger partial charge in [0.2, 0.25) is 5.79 Å². The van der Waals surface area contributed by atoms with Crippen molar-refractivity contribution in [3.05, 3.63) is 24.2 Å². The standard InChI is InChI=1S/C22H33NO6/c1-14-6-7-18-15(2)19(25-12-10-23-13-16-5-4-11-24-16)26-20-22(18)17(14)8-9-21(3,27-20)28-29-22/h4-5,11,14-15,17-20,23H,6-10,12-13H2,1-3H3/t14-,15-,17+,18+,19+,20-,21-,22-/m1/s1. The average molecular weight is 408 g/mol. The lowest BCUT2D eigenvalue weighted by atomic mass is 9.58. The molecular weight excluding hydrogens is 374 g/mol. The molecular formula is C22H33NO6. The van der Waals surface area contributed by atoms with Crippen LogP contribution in [0.2, 0.25) is 0 Å². The molecule has 8 atom stereocenters. The van der Waals surface area contributed by atoms with Gasteiger partial charge in [0.05, 0.1) is 19.4 Å². The summed E-state index contributed by atoms with van der Waals surface area (Å²) >= 11 is 0. The van der Waals surface area contributed by atoms with Crippen LogP contribution in [0.5, 0.6) is 0 Å². The quantitative estimate of drug-likeness (QED) is 0.571. The first kappa shape index (κ1) is 20.0. The van der Waals surface area contributed by atoms with Gasteiger partial charge >= 0.3 is 0 Å². The van der Waals surface area contributed by atoms with E-state index in [9.17, 15) is 0 Å². The second kappa shape index (κ2) is 7.62. The molecule has 6 rings (SSSR count). The largest absolute Gasteiger partial charge is 0.468 e. The van der Waals surface area contributed by atoms with Gasteiger partial charge in [-0.05, 0) is 50.2 Å². The van der Waals surface area contributed by atoms with E-state index in [1.807, 2.05) is 19.1 Å². The molecule has 1 saturated carbocycles. The predicted molar refractivity (Wildman–Crippen MR) is 103 cm³/mol. The molecule has 7 heteroatoms. The first-order chi connectivity index (χ1) is 14.0. The number of nitrogens with one attached hydrogen (secondary N) is 1. The lowest BCUT2D eigenvalue weighted by Gasteiger charge is -2.60. The number of rotatable bonds is 6. The van der Waals surface area contributed by atoms with Crippen LogP contribution in [0, 0.1) is 23.7 Å². The molecule has 0 unspecified atom stereocenters. The number of ether oxygens (including phenoxy) is 3. The van der Waals surface area contributed by atoms with Crippen LogP contribution in [-0.4, -0.2) is 37.1 Å². The molecule has 4 aliphatic heterocycles. The molecule has 1 aliphatic carbocycles. The minimum Gasteiger partial charge on any atom is -0.468 e. The van der Waals surface area contributed by atoms with Gasteiger partial charge in [-0.2, -0.15) is 0 Å². The van der Waals surface area contributed by atoms with Gasteiger partial charge in [0.1, 0.15) is 5.76 Å². The topological polar surface area (TPSA) is 71.3 Å². The Morgan fingerprint density at radius 1 is 1.17 bits per heavy atom. The van der Waals surface area contributed by atoms with Crippen molar-refractivity contribution in [2.24, 2.45) is 23.7 Å².